The molecule has 3 rings (SSSR count). The van der Waals surface area contributed by atoms with E-state index in [1.165, 1.54) is 17.8 Å². The zero-order chi connectivity index (χ0) is 21.9. The van der Waals surface area contributed by atoms with Crippen molar-refractivity contribution in [3.05, 3.63) is 24.3 Å². The van der Waals surface area contributed by atoms with Crippen molar-refractivity contribution in [2.24, 2.45) is 17.8 Å². The molecular formula is C24H41N3O2S. The van der Waals surface area contributed by atoms with E-state index in [-0.39, 0.29) is 6.04 Å². The molecule has 2 atom stereocenters. The molecular weight excluding hydrogens is 394 g/mol. The summed E-state index contributed by atoms with van der Waals surface area (Å²) in [4.78, 5) is 2.52. The van der Waals surface area contributed by atoms with Gasteiger partial charge in [-0.05, 0) is 94.9 Å². The minimum Gasteiger partial charge on any atom is -0.385 e. The van der Waals surface area contributed by atoms with Gasteiger partial charge in [-0.3, -0.25) is 0 Å². The maximum Gasteiger partial charge on any atom is 0.216 e. The molecule has 2 aliphatic rings. The second-order valence-electron chi connectivity index (χ2n) is 10.7. The Morgan fingerprint density at radius 1 is 0.967 bits per heavy atom. The van der Waals surface area contributed by atoms with E-state index >= 15 is 0 Å². The van der Waals surface area contributed by atoms with E-state index in [0.717, 1.165) is 57.2 Å². The highest BCUT2D eigenvalue weighted by atomic mass is 32.2. The first-order valence-electron chi connectivity index (χ1n) is 11.6. The molecule has 0 amide bonds. The summed E-state index contributed by atoms with van der Waals surface area (Å²) in [5, 5.41) is 3.59. The SMILES string of the molecule is C[C@@H]1C[C@@H](C)CN(c2ccc(NC[C@H]3CC[C@H](NS(=O)(=O)C(C)(C)C)CC3)cc2)C1. The number of rotatable bonds is 6. The Morgan fingerprint density at radius 3 is 2.07 bits per heavy atom. The first-order chi connectivity index (χ1) is 14.0. The third kappa shape index (κ3) is 6.13. The Balaban J connectivity index is 1.44. The van der Waals surface area contributed by atoms with Crippen LogP contribution in [-0.4, -0.2) is 38.8 Å². The van der Waals surface area contributed by atoms with Gasteiger partial charge in [-0.15, -0.1) is 0 Å². The second kappa shape index (κ2) is 9.47. The van der Waals surface area contributed by atoms with Gasteiger partial charge in [-0.1, -0.05) is 13.8 Å². The topological polar surface area (TPSA) is 61.4 Å². The molecule has 6 heteroatoms. The molecule has 1 aromatic carbocycles. The Kier molecular flexibility index (Phi) is 7.39. The van der Waals surface area contributed by atoms with Crippen molar-refractivity contribution >= 4 is 21.4 Å². The molecule has 1 aromatic rings. The third-order valence-electron chi connectivity index (χ3n) is 6.67. The van der Waals surface area contributed by atoms with Gasteiger partial charge in [0.2, 0.25) is 10.0 Å². The van der Waals surface area contributed by atoms with Crippen LogP contribution in [-0.2, 0) is 10.0 Å². The molecule has 0 bridgehead atoms. The first-order valence-corrected chi connectivity index (χ1v) is 13.1. The van der Waals surface area contributed by atoms with Gasteiger partial charge >= 0.3 is 0 Å². The number of sulfonamides is 1. The molecule has 0 radical (unpaired) electrons. The molecule has 1 saturated heterocycles. The van der Waals surface area contributed by atoms with Crippen LogP contribution in [0.2, 0.25) is 0 Å². The summed E-state index contributed by atoms with van der Waals surface area (Å²) in [7, 11) is -3.26. The molecule has 0 aromatic heterocycles. The fourth-order valence-corrected chi connectivity index (χ4v) is 5.83. The normalized spacial score (nSPS) is 28.4. The zero-order valence-corrected chi connectivity index (χ0v) is 20.3. The maximum atomic E-state index is 12.4. The van der Waals surface area contributed by atoms with Crippen LogP contribution in [0, 0.1) is 17.8 Å². The van der Waals surface area contributed by atoms with Crippen molar-refractivity contribution in [2.75, 3.05) is 29.9 Å². The monoisotopic (exact) mass is 435 g/mol. The molecule has 2 N–H and O–H groups in total. The first kappa shape index (κ1) is 23.4. The Bertz CT molecular complexity index is 768. The van der Waals surface area contributed by atoms with Gasteiger partial charge in [0.25, 0.3) is 0 Å². The van der Waals surface area contributed by atoms with Gasteiger partial charge in [0.1, 0.15) is 0 Å². The van der Waals surface area contributed by atoms with Crippen LogP contribution in [0.5, 0.6) is 0 Å². The van der Waals surface area contributed by atoms with Gasteiger partial charge in [-0.25, -0.2) is 13.1 Å². The molecule has 1 aliphatic carbocycles. The number of hydrogen-bond donors (Lipinski definition) is 2. The van der Waals surface area contributed by atoms with Crippen molar-refractivity contribution in [2.45, 2.75) is 77.5 Å². The lowest BCUT2D eigenvalue weighted by Gasteiger charge is -2.36. The minimum atomic E-state index is -3.26. The smallest absolute Gasteiger partial charge is 0.216 e. The molecule has 170 valence electrons. The standard InChI is InChI=1S/C24H41N3O2S/c1-18-14-19(2)17-27(16-18)23-12-10-21(11-13-23)25-15-20-6-8-22(9-7-20)26-30(28,29)24(3,4)5/h10-13,18-20,22,25-26H,6-9,14-17H2,1-5H3/t18-,19-,20-,22-/m1/s1. The van der Waals surface area contributed by atoms with E-state index in [1.807, 2.05) is 0 Å². The molecule has 2 fully saturated rings. The number of benzene rings is 1. The number of anilines is 2. The molecule has 5 nitrogen and oxygen atoms in total. The van der Waals surface area contributed by atoms with Gasteiger partial charge in [0, 0.05) is 37.1 Å². The Morgan fingerprint density at radius 2 is 1.53 bits per heavy atom. The number of piperidine rings is 1. The quantitative estimate of drug-likeness (QED) is 0.670. The predicted molar refractivity (Wildman–Crippen MR) is 128 cm³/mol. The number of nitrogens with zero attached hydrogens (tertiary/aromatic N) is 1. The second-order valence-corrected chi connectivity index (χ2v) is 13.2. The van der Waals surface area contributed by atoms with Crippen molar-refractivity contribution in [3.8, 4) is 0 Å². The number of hydrogen-bond acceptors (Lipinski definition) is 4. The Hall–Kier alpha value is -1.27. The third-order valence-corrected chi connectivity index (χ3v) is 8.93. The number of nitrogens with one attached hydrogen (secondary N) is 2. The lowest BCUT2D eigenvalue weighted by molar-refractivity contribution is 0.322. The van der Waals surface area contributed by atoms with Crippen LogP contribution in [0.3, 0.4) is 0 Å². The van der Waals surface area contributed by atoms with Crippen LogP contribution >= 0.6 is 0 Å². The summed E-state index contributed by atoms with van der Waals surface area (Å²) in [6.45, 7) is 13.2. The van der Waals surface area contributed by atoms with Gasteiger partial charge < -0.3 is 10.2 Å². The highest BCUT2D eigenvalue weighted by Gasteiger charge is 2.32. The summed E-state index contributed by atoms with van der Waals surface area (Å²) >= 11 is 0. The fourth-order valence-electron chi connectivity index (χ4n) is 4.81. The highest BCUT2D eigenvalue weighted by molar-refractivity contribution is 7.90. The lowest BCUT2D eigenvalue weighted by atomic mass is 9.86. The van der Waals surface area contributed by atoms with Crippen LogP contribution in [0.4, 0.5) is 11.4 Å². The van der Waals surface area contributed by atoms with Crippen molar-refractivity contribution in [3.63, 3.8) is 0 Å². The van der Waals surface area contributed by atoms with Gasteiger partial charge in [0.15, 0.2) is 0 Å². The van der Waals surface area contributed by atoms with E-state index in [0.29, 0.717) is 5.92 Å². The molecule has 1 saturated carbocycles. The average Bonchev–Trinajstić information content (AvgIpc) is 2.66. The molecule has 30 heavy (non-hydrogen) atoms. The van der Waals surface area contributed by atoms with Crippen molar-refractivity contribution in [1.29, 1.82) is 0 Å². The van der Waals surface area contributed by atoms with E-state index in [2.05, 4.69) is 53.1 Å². The Labute approximate surface area is 184 Å². The van der Waals surface area contributed by atoms with E-state index in [1.54, 1.807) is 20.8 Å². The van der Waals surface area contributed by atoms with Crippen LogP contribution in [0.1, 0.15) is 66.7 Å². The maximum absolute atomic E-state index is 12.4. The molecule has 0 spiro atoms. The lowest BCUT2D eigenvalue weighted by Crippen LogP contribution is -2.46. The summed E-state index contributed by atoms with van der Waals surface area (Å²) in [6, 6.07) is 8.96. The zero-order valence-electron chi connectivity index (χ0n) is 19.4. The largest absolute Gasteiger partial charge is 0.385 e. The van der Waals surface area contributed by atoms with Crippen molar-refractivity contribution < 1.29 is 8.42 Å². The average molecular weight is 436 g/mol. The van der Waals surface area contributed by atoms with Crippen LogP contribution in [0.25, 0.3) is 0 Å². The minimum absolute atomic E-state index is 0.0825. The summed E-state index contributed by atoms with van der Waals surface area (Å²) < 4.78 is 26.9. The van der Waals surface area contributed by atoms with Gasteiger partial charge in [0.05, 0.1) is 4.75 Å². The van der Waals surface area contributed by atoms with E-state index in [4.69, 9.17) is 0 Å². The van der Waals surface area contributed by atoms with Crippen molar-refractivity contribution in [1.82, 2.24) is 4.72 Å². The van der Waals surface area contributed by atoms with Crippen LogP contribution < -0.4 is 14.9 Å². The van der Waals surface area contributed by atoms with Gasteiger partial charge in [-0.2, -0.15) is 0 Å². The highest BCUT2D eigenvalue weighted by Crippen LogP contribution is 2.29. The summed E-state index contributed by atoms with van der Waals surface area (Å²) in [6.07, 6.45) is 5.30. The predicted octanol–water partition coefficient (Wildman–Crippen LogP) is 4.86. The molecule has 1 heterocycles. The summed E-state index contributed by atoms with van der Waals surface area (Å²) in [5.74, 6) is 2.12. The van der Waals surface area contributed by atoms with E-state index < -0.39 is 14.8 Å². The molecule has 0 unspecified atom stereocenters. The fraction of sp³-hybridized carbons (Fsp3) is 0.750. The van der Waals surface area contributed by atoms with E-state index in [9.17, 15) is 8.42 Å². The molecule has 1 aliphatic heterocycles. The van der Waals surface area contributed by atoms with Crippen LogP contribution in [0.15, 0.2) is 24.3 Å². The summed E-state index contributed by atoms with van der Waals surface area (Å²) in [5.41, 5.74) is 2.50.